The molecule has 2 N–H and O–H groups in total. The number of aryl methyl sites for hydroxylation is 1. The lowest BCUT2D eigenvalue weighted by Crippen LogP contribution is -2.42. The van der Waals surface area contributed by atoms with Crippen molar-refractivity contribution < 1.29 is 32.6 Å². The SMILES string of the molecule is COc1cccc(CCC(=O)NC(CC(F)F)C(=O)O)c1F. The first-order chi connectivity index (χ1) is 10.3. The van der Waals surface area contributed by atoms with E-state index in [0.29, 0.717) is 0 Å². The predicted molar refractivity (Wildman–Crippen MR) is 71.5 cm³/mol. The zero-order valence-corrected chi connectivity index (χ0v) is 11.8. The average Bonchev–Trinajstić information content (AvgIpc) is 2.45. The first kappa shape index (κ1) is 17.8. The second kappa shape index (κ2) is 8.26. The Kier molecular flexibility index (Phi) is 6.68. The van der Waals surface area contributed by atoms with Gasteiger partial charge in [-0.1, -0.05) is 12.1 Å². The summed E-state index contributed by atoms with van der Waals surface area (Å²) in [7, 11) is 1.30. The number of ether oxygens (including phenoxy) is 1. The highest BCUT2D eigenvalue weighted by molar-refractivity contribution is 5.83. The molecule has 0 spiro atoms. The van der Waals surface area contributed by atoms with E-state index in [1.54, 1.807) is 6.07 Å². The number of hydrogen-bond acceptors (Lipinski definition) is 3. The van der Waals surface area contributed by atoms with Crippen molar-refractivity contribution >= 4 is 11.9 Å². The monoisotopic (exact) mass is 319 g/mol. The Morgan fingerprint density at radius 3 is 2.59 bits per heavy atom. The van der Waals surface area contributed by atoms with Crippen LogP contribution >= 0.6 is 0 Å². The van der Waals surface area contributed by atoms with Crippen molar-refractivity contribution in [2.75, 3.05) is 7.11 Å². The Bertz CT molecular complexity index is 537. The number of nitrogens with one attached hydrogen (secondary N) is 1. The first-order valence-corrected chi connectivity index (χ1v) is 6.46. The summed E-state index contributed by atoms with van der Waals surface area (Å²) >= 11 is 0. The van der Waals surface area contributed by atoms with Crippen LogP contribution in [0.15, 0.2) is 18.2 Å². The highest BCUT2D eigenvalue weighted by Crippen LogP contribution is 2.20. The molecule has 0 aliphatic carbocycles. The molecule has 1 rings (SSSR count). The Morgan fingerprint density at radius 2 is 2.05 bits per heavy atom. The van der Waals surface area contributed by atoms with Gasteiger partial charge in [0.15, 0.2) is 11.6 Å². The van der Waals surface area contributed by atoms with Crippen molar-refractivity contribution in [2.24, 2.45) is 0 Å². The molecule has 22 heavy (non-hydrogen) atoms. The number of carbonyl (C=O) groups is 2. The molecule has 1 amide bonds. The van der Waals surface area contributed by atoms with Gasteiger partial charge in [-0.3, -0.25) is 4.79 Å². The maximum atomic E-state index is 13.8. The number of halogens is 3. The molecule has 0 aliphatic rings. The molecule has 1 atom stereocenters. The molecule has 0 bridgehead atoms. The number of carboxylic acids is 1. The van der Waals surface area contributed by atoms with Crippen LogP contribution in [0.3, 0.4) is 0 Å². The van der Waals surface area contributed by atoms with Crippen molar-refractivity contribution in [2.45, 2.75) is 31.7 Å². The number of alkyl halides is 2. The lowest BCUT2D eigenvalue weighted by atomic mass is 10.1. The summed E-state index contributed by atoms with van der Waals surface area (Å²) < 4.78 is 43.0. The summed E-state index contributed by atoms with van der Waals surface area (Å²) in [5, 5.41) is 10.7. The van der Waals surface area contributed by atoms with Crippen LogP contribution in [0.25, 0.3) is 0 Å². The maximum Gasteiger partial charge on any atom is 0.326 e. The maximum absolute atomic E-state index is 13.8. The highest BCUT2D eigenvalue weighted by Gasteiger charge is 2.24. The van der Waals surface area contributed by atoms with Crippen LogP contribution in [0.5, 0.6) is 5.75 Å². The van der Waals surface area contributed by atoms with Gasteiger partial charge >= 0.3 is 5.97 Å². The standard InChI is InChI=1S/C14H16F3NO4/c1-22-10-4-2-3-8(13(10)17)5-6-12(19)18-9(14(20)21)7-11(15)16/h2-4,9,11H,5-7H2,1H3,(H,18,19)(H,20,21). The molecular formula is C14H16F3NO4. The van der Waals surface area contributed by atoms with Crippen LogP contribution in [0.4, 0.5) is 13.2 Å². The highest BCUT2D eigenvalue weighted by atomic mass is 19.3. The van der Waals surface area contributed by atoms with Crippen molar-refractivity contribution in [1.82, 2.24) is 5.32 Å². The molecule has 0 radical (unpaired) electrons. The number of amides is 1. The smallest absolute Gasteiger partial charge is 0.326 e. The van der Waals surface area contributed by atoms with Crippen LogP contribution < -0.4 is 10.1 Å². The Labute approximate surface area is 125 Å². The zero-order valence-electron chi connectivity index (χ0n) is 11.8. The molecule has 1 aromatic rings. The van der Waals surface area contributed by atoms with Crippen molar-refractivity contribution in [1.29, 1.82) is 0 Å². The Hall–Kier alpha value is -2.25. The summed E-state index contributed by atoms with van der Waals surface area (Å²) in [6.45, 7) is 0. The summed E-state index contributed by atoms with van der Waals surface area (Å²) in [6.07, 6.45) is -4.06. The fourth-order valence-corrected chi connectivity index (χ4v) is 1.82. The van der Waals surface area contributed by atoms with Gasteiger partial charge < -0.3 is 15.2 Å². The number of carbonyl (C=O) groups excluding carboxylic acids is 1. The van der Waals surface area contributed by atoms with Gasteiger partial charge in [-0.15, -0.1) is 0 Å². The Morgan fingerprint density at radius 1 is 1.36 bits per heavy atom. The van der Waals surface area contributed by atoms with Crippen LogP contribution in [0.2, 0.25) is 0 Å². The minimum atomic E-state index is -2.85. The first-order valence-electron chi connectivity index (χ1n) is 6.46. The molecule has 1 unspecified atom stereocenters. The molecular weight excluding hydrogens is 303 g/mol. The van der Waals surface area contributed by atoms with Crippen LogP contribution in [-0.4, -0.2) is 36.6 Å². The third-order valence-corrected chi connectivity index (χ3v) is 2.93. The molecule has 0 heterocycles. The van der Waals surface area contributed by atoms with Gasteiger partial charge in [0.1, 0.15) is 6.04 Å². The fourth-order valence-electron chi connectivity index (χ4n) is 1.82. The van der Waals surface area contributed by atoms with E-state index in [2.05, 4.69) is 0 Å². The van der Waals surface area contributed by atoms with Gasteiger partial charge in [-0.25, -0.2) is 18.0 Å². The van der Waals surface area contributed by atoms with Crippen LogP contribution in [-0.2, 0) is 16.0 Å². The molecule has 122 valence electrons. The van der Waals surface area contributed by atoms with E-state index < -0.39 is 36.6 Å². The van der Waals surface area contributed by atoms with Gasteiger partial charge in [0.25, 0.3) is 0 Å². The predicted octanol–water partition coefficient (Wildman–Crippen LogP) is 1.99. The normalized spacial score (nSPS) is 12.0. The summed E-state index contributed by atoms with van der Waals surface area (Å²) in [4.78, 5) is 22.4. The summed E-state index contributed by atoms with van der Waals surface area (Å²) in [5.41, 5.74) is 0.218. The fraction of sp³-hybridized carbons (Fsp3) is 0.429. The van der Waals surface area contributed by atoms with Crippen molar-refractivity contribution in [3.8, 4) is 5.75 Å². The molecule has 8 heteroatoms. The largest absolute Gasteiger partial charge is 0.494 e. The van der Waals surface area contributed by atoms with Gasteiger partial charge in [0, 0.05) is 12.8 Å². The minimum Gasteiger partial charge on any atom is -0.494 e. The summed E-state index contributed by atoms with van der Waals surface area (Å²) in [5.74, 6) is -2.87. The van der Waals surface area contributed by atoms with E-state index >= 15 is 0 Å². The third kappa shape index (κ3) is 5.27. The summed E-state index contributed by atoms with van der Waals surface area (Å²) in [6, 6.07) is 2.76. The van der Waals surface area contributed by atoms with E-state index in [1.165, 1.54) is 19.2 Å². The van der Waals surface area contributed by atoms with Gasteiger partial charge in [0.05, 0.1) is 7.11 Å². The van der Waals surface area contributed by atoms with Gasteiger partial charge in [-0.05, 0) is 18.1 Å². The molecule has 5 nitrogen and oxygen atoms in total. The zero-order chi connectivity index (χ0) is 16.7. The third-order valence-electron chi connectivity index (χ3n) is 2.93. The number of carboxylic acid groups (broad SMARTS) is 1. The molecule has 0 aliphatic heterocycles. The molecule has 0 fully saturated rings. The topological polar surface area (TPSA) is 75.6 Å². The quantitative estimate of drug-likeness (QED) is 0.768. The molecule has 1 aromatic carbocycles. The van der Waals surface area contributed by atoms with Crippen LogP contribution in [0, 0.1) is 5.82 Å². The molecule has 0 saturated heterocycles. The van der Waals surface area contributed by atoms with E-state index in [-0.39, 0.29) is 24.2 Å². The Balaban J connectivity index is 2.60. The van der Waals surface area contributed by atoms with Crippen molar-refractivity contribution in [3.05, 3.63) is 29.6 Å². The van der Waals surface area contributed by atoms with E-state index in [9.17, 15) is 22.8 Å². The van der Waals surface area contributed by atoms with Crippen molar-refractivity contribution in [3.63, 3.8) is 0 Å². The molecule has 0 aromatic heterocycles. The van der Waals surface area contributed by atoms with E-state index in [4.69, 9.17) is 9.84 Å². The minimum absolute atomic E-state index is 0.00408. The number of rotatable bonds is 8. The van der Waals surface area contributed by atoms with E-state index in [1.807, 2.05) is 5.32 Å². The molecule has 0 saturated carbocycles. The number of hydrogen-bond donors (Lipinski definition) is 2. The lowest BCUT2D eigenvalue weighted by Gasteiger charge is -2.14. The van der Waals surface area contributed by atoms with Crippen LogP contribution in [0.1, 0.15) is 18.4 Å². The van der Waals surface area contributed by atoms with Gasteiger partial charge in [0.2, 0.25) is 12.3 Å². The lowest BCUT2D eigenvalue weighted by molar-refractivity contribution is -0.143. The number of methoxy groups -OCH3 is 1. The second-order valence-electron chi connectivity index (χ2n) is 4.52. The number of aliphatic carboxylic acids is 1. The van der Waals surface area contributed by atoms with Gasteiger partial charge in [-0.2, -0.15) is 0 Å². The second-order valence-corrected chi connectivity index (χ2v) is 4.52. The average molecular weight is 319 g/mol. The van der Waals surface area contributed by atoms with E-state index in [0.717, 1.165) is 0 Å². The number of benzene rings is 1.